The van der Waals surface area contributed by atoms with Gasteiger partial charge < -0.3 is 40.0 Å². The number of aliphatic hydroxyl groups excluding tert-OH is 3. The monoisotopic (exact) mass is 678 g/mol. The number of rotatable bonds is 19. The molecular formula is C38H50N2O9. The van der Waals surface area contributed by atoms with Crippen LogP contribution in [0.4, 0.5) is 0 Å². The van der Waals surface area contributed by atoms with Gasteiger partial charge in [0, 0.05) is 30.9 Å². The first kappa shape index (κ1) is 40.8. The average Bonchev–Trinajstić information content (AvgIpc) is 3.12. The maximum atomic E-state index is 10.4. The molecule has 0 amide bonds. The van der Waals surface area contributed by atoms with Gasteiger partial charge in [-0.2, -0.15) is 0 Å². The third kappa shape index (κ3) is 18.7. The van der Waals surface area contributed by atoms with Crippen molar-refractivity contribution < 1.29 is 39.2 Å². The minimum Gasteiger partial charge on any atom is -0.493 e. The summed E-state index contributed by atoms with van der Waals surface area (Å²) >= 11 is 0. The molecule has 11 nitrogen and oxygen atoms in total. The van der Waals surface area contributed by atoms with Gasteiger partial charge in [0.1, 0.15) is 17.6 Å². The molecule has 0 saturated heterocycles. The van der Waals surface area contributed by atoms with Gasteiger partial charge in [-0.3, -0.25) is 10.1 Å². The van der Waals surface area contributed by atoms with Crippen molar-refractivity contribution >= 4 is 0 Å². The SMILES string of the molecule is CCO.NC[C@@H](O)c1cccc(OCCCOCc2ccccc2)c1.O=[N+]([O-])C[C@@H](O)c1cccc(OCCCOCc2ccccc2)c1. The Morgan fingerprint density at radius 1 is 0.673 bits per heavy atom. The number of hydrogen-bond acceptors (Lipinski definition) is 10. The Morgan fingerprint density at radius 2 is 1.10 bits per heavy atom. The molecular weight excluding hydrogens is 628 g/mol. The fourth-order valence-corrected chi connectivity index (χ4v) is 4.24. The number of nitrogens with zero attached hydrogens (tertiary/aromatic N) is 1. The van der Waals surface area contributed by atoms with Gasteiger partial charge in [-0.05, 0) is 53.4 Å². The lowest BCUT2D eigenvalue weighted by Gasteiger charge is -2.11. The first-order chi connectivity index (χ1) is 23.9. The Balaban J connectivity index is 0.000000316. The zero-order valence-corrected chi connectivity index (χ0v) is 28.1. The van der Waals surface area contributed by atoms with Crippen LogP contribution in [0.5, 0.6) is 11.5 Å². The summed E-state index contributed by atoms with van der Waals surface area (Å²) in [6.45, 7) is 5.11. The number of hydrogen-bond donors (Lipinski definition) is 4. The van der Waals surface area contributed by atoms with Crippen LogP contribution in [0.3, 0.4) is 0 Å². The van der Waals surface area contributed by atoms with Crippen molar-refractivity contribution in [3.8, 4) is 11.5 Å². The molecule has 5 N–H and O–H groups in total. The molecule has 0 aliphatic heterocycles. The lowest BCUT2D eigenvalue weighted by atomic mass is 10.1. The average molecular weight is 679 g/mol. The highest BCUT2D eigenvalue weighted by atomic mass is 16.6. The summed E-state index contributed by atoms with van der Waals surface area (Å²) in [6, 6.07) is 34.2. The largest absolute Gasteiger partial charge is 0.493 e. The predicted molar refractivity (Wildman–Crippen MR) is 189 cm³/mol. The molecule has 0 aliphatic rings. The van der Waals surface area contributed by atoms with Gasteiger partial charge in [0.05, 0.1) is 45.7 Å². The molecule has 0 bridgehead atoms. The Bertz CT molecular complexity index is 1410. The molecule has 0 unspecified atom stereocenters. The second kappa shape index (κ2) is 25.6. The van der Waals surface area contributed by atoms with Gasteiger partial charge in [-0.1, -0.05) is 84.9 Å². The van der Waals surface area contributed by atoms with Crippen molar-refractivity contribution in [3.63, 3.8) is 0 Å². The maximum Gasteiger partial charge on any atom is 0.233 e. The molecule has 0 aromatic heterocycles. The van der Waals surface area contributed by atoms with Gasteiger partial charge in [0.15, 0.2) is 0 Å². The minimum atomic E-state index is -1.13. The summed E-state index contributed by atoms with van der Waals surface area (Å²) in [4.78, 5) is 9.90. The van der Waals surface area contributed by atoms with Crippen LogP contribution in [0.15, 0.2) is 109 Å². The van der Waals surface area contributed by atoms with E-state index in [1.165, 1.54) is 5.56 Å². The lowest BCUT2D eigenvalue weighted by Crippen LogP contribution is -2.12. The quantitative estimate of drug-likeness (QED) is 0.0553. The van der Waals surface area contributed by atoms with Crippen LogP contribution in [0.25, 0.3) is 0 Å². The normalized spacial score (nSPS) is 11.6. The summed E-state index contributed by atoms with van der Waals surface area (Å²) < 4.78 is 22.4. The fraction of sp³-hybridized carbons (Fsp3) is 0.368. The van der Waals surface area contributed by atoms with E-state index in [9.17, 15) is 20.3 Å². The Labute approximate surface area is 289 Å². The number of ether oxygens (including phenoxy) is 4. The number of aliphatic hydroxyl groups is 3. The van der Waals surface area contributed by atoms with Crippen LogP contribution >= 0.6 is 0 Å². The van der Waals surface area contributed by atoms with Crippen molar-refractivity contribution in [1.82, 2.24) is 0 Å². The first-order valence-electron chi connectivity index (χ1n) is 16.3. The lowest BCUT2D eigenvalue weighted by molar-refractivity contribution is -0.491. The van der Waals surface area contributed by atoms with E-state index in [0.717, 1.165) is 29.7 Å². The van der Waals surface area contributed by atoms with E-state index < -0.39 is 23.7 Å². The third-order valence-corrected chi connectivity index (χ3v) is 6.66. The van der Waals surface area contributed by atoms with Crippen LogP contribution < -0.4 is 15.2 Å². The summed E-state index contributed by atoms with van der Waals surface area (Å²) in [6.07, 6.45) is -0.221. The highest BCUT2D eigenvalue weighted by Crippen LogP contribution is 2.20. The molecule has 266 valence electrons. The first-order valence-corrected chi connectivity index (χ1v) is 16.3. The van der Waals surface area contributed by atoms with Gasteiger partial charge >= 0.3 is 0 Å². The van der Waals surface area contributed by atoms with E-state index >= 15 is 0 Å². The molecule has 11 heteroatoms. The molecule has 0 heterocycles. The second-order valence-electron chi connectivity index (χ2n) is 10.7. The van der Waals surface area contributed by atoms with Gasteiger partial charge in [-0.15, -0.1) is 0 Å². The zero-order chi connectivity index (χ0) is 35.5. The van der Waals surface area contributed by atoms with Crippen LogP contribution in [0.1, 0.15) is 54.2 Å². The molecule has 4 rings (SSSR count). The summed E-state index contributed by atoms with van der Waals surface area (Å²) in [5, 5.41) is 37.5. The molecule has 4 aromatic carbocycles. The number of nitrogens with two attached hydrogens (primary N) is 1. The topological polar surface area (TPSA) is 167 Å². The molecule has 49 heavy (non-hydrogen) atoms. The number of nitro groups is 1. The third-order valence-electron chi connectivity index (χ3n) is 6.66. The standard InChI is InChI=1S/C18H21NO5.C18H23NO3.C2H6O/c20-18(13-19(21)22)16-8-4-9-17(12-16)24-11-5-10-23-14-15-6-2-1-3-7-15;19-13-18(20)16-8-4-9-17(12-16)22-11-5-10-21-14-15-6-2-1-3-7-15;1-2-3/h1-4,6-9,12,18,20H,5,10-11,13-14H2;1-4,6-9,12,18,20H,5,10-11,13-14,19H2;3H,2H2,1H3/t2*18-;/m11./s1. The van der Waals surface area contributed by atoms with Gasteiger partial charge in [0.25, 0.3) is 0 Å². The molecule has 0 aliphatic carbocycles. The highest BCUT2D eigenvalue weighted by molar-refractivity contribution is 5.30. The van der Waals surface area contributed by atoms with E-state index in [-0.39, 0.29) is 13.2 Å². The van der Waals surface area contributed by atoms with Crippen LogP contribution in [-0.2, 0) is 22.7 Å². The van der Waals surface area contributed by atoms with Gasteiger partial charge in [-0.25, -0.2) is 0 Å². The molecule has 0 fully saturated rings. The van der Waals surface area contributed by atoms with Crippen LogP contribution in [0.2, 0.25) is 0 Å². The Morgan fingerprint density at radius 3 is 1.51 bits per heavy atom. The van der Waals surface area contributed by atoms with E-state index in [0.29, 0.717) is 51.0 Å². The zero-order valence-electron chi connectivity index (χ0n) is 28.1. The summed E-state index contributed by atoms with van der Waals surface area (Å²) in [7, 11) is 0. The summed E-state index contributed by atoms with van der Waals surface area (Å²) in [5.74, 6) is 1.33. The predicted octanol–water partition coefficient (Wildman–Crippen LogP) is 5.65. The molecule has 0 radical (unpaired) electrons. The Hall–Kier alpha value is -4.36. The van der Waals surface area contributed by atoms with E-state index in [2.05, 4.69) is 0 Å². The van der Waals surface area contributed by atoms with Crippen molar-refractivity contribution in [2.75, 3.05) is 46.1 Å². The van der Waals surface area contributed by atoms with Crippen molar-refractivity contribution in [2.45, 2.75) is 45.2 Å². The second-order valence-corrected chi connectivity index (χ2v) is 10.7. The fourth-order valence-electron chi connectivity index (χ4n) is 4.24. The highest BCUT2D eigenvalue weighted by Gasteiger charge is 2.14. The molecule has 2 atom stereocenters. The van der Waals surface area contributed by atoms with Crippen LogP contribution in [-0.4, -0.2) is 66.4 Å². The van der Waals surface area contributed by atoms with Crippen LogP contribution in [0, 0.1) is 10.1 Å². The van der Waals surface area contributed by atoms with Gasteiger partial charge in [0.2, 0.25) is 6.54 Å². The van der Waals surface area contributed by atoms with E-state index in [1.807, 2.05) is 84.9 Å². The molecule has 4 aromatic rings. The Kier molecular flexibility index (Phi) is 21.3. The van der Waals surface area contributed by atoms with E-state index in [4.69, 9.17) is 29.8 Å². The summed E-state index contributed by atoms with van der Waals surface area (Å²) in [5.41, 5.74) is 9.01. The molecule has 0 saturated carbocycles. The number of benzene rings is 4. The molecule has 0 spiro atoms. The van der Waals surface area contributed by atoms with Crippen molar-refractivity contribution in [2.24, 2.45) is 5.73 Å². The smallest absolute Gasteiger partial charge is 0.233 e. The van der Waals surface area contributed by atoms with Crippen molar-refractivity contribution in [1.29, 1.82) is 0 Å². The van der Waals surface area contributed by atoms with E-state index in [1.54, 1.807) is 31.2 Å². The maximum absolute atomic E-state index is 10.4. The van der Waals surface area contributed by atoms with Crippen molar-refractivity contribution in [3.05, 3.63) is 142 Å². The minimum absolute atomic E-state index is 0.205.